The summed E-state index contributed by atoms with van der Waals surface area (Å²) in [7, 11) is 0. The van der Waals surface area contributed by atoms with E-state index in [-0.39, 0.29) is 0 Å². The highest BCUT2D eigenvalue weighted by Gasteiger charge is 2.02. The van der Waals surface area contributed by atoms with E-state index in [1.807, 2.05) is 6.92 Å². The molecule has 0 aromatic carbocycles. The lowest BCUT2D eigenvalue weighted by Gasteiger charge is -2.00. The van der Waals surface area contributed by atoms with Crippen LogP contribution in [-0.4, -0.2) is 10.2 Å². The molecule has 1 aromatic heterocycles. The largest absolute Gasteiger partial charge is 0.259 e. The molecule has 0 N–H and O–H groups in total. The van der Waals surface area contributed by atoms with E-state index in [2.05, 4.69) is 9.98 Å². The van der Waals surface area contributed by atoms with Crippen molar-refractivity contribution in [3.05, 3.63) is 23.0 Å². The smallest absolute Gasteiger partial charge is 0.104 e. The summed E-state index contributed by atoms with van der Waals surface area (Å²) < 4.78 is 0. The molecule has 0 aliphatic heterocycles. The third-order valence-corrected chi connectivity index (χ3v) is 1.71. The van der Waals surface area contributed by atoms with Crippen LogP contribution in [0, 0.1) is 6.92 Å². The highest BCUT2D eigenvalue weighted by atomic mass is 35.5. The average molecular weight is 203 g/mol. The molecule has 1 aromatic rings. The highest BCUT2D eigenvalue weighted by Crippen LogP contribution is 2.26. The Bertz CT molecular complexity index is 297. The van der Waals surface area contributed by atoms with Gasteiger partial charge in [0.2, 0.25) is 0 Å². The number of aromatic nitrogens is 1. The molecular weight excluding hydrogens is 195 g/mol. The highest BCUT2D eigenvalue weighted by molar-refractivity contribution is 6.65. The van der Waals surface area contributed by atoms with Gasteiger partial charge in [-0.3, -0.25) is 4.98 Å². The van der Waals surface area contributed by atoms with Gasteiger partial charge in [0.25, 0.3) is 0 Å². The fourth-order valence-corrected chi connectivity index (χ4v) is 1.14. The van der Waals surface area contributed by atoms with Crippen LogP contribution in [-0.2, 0) is 0 Å². The molecule has 0 aliphatic rings. The molecule has 1 rings (SSSR count). The molecule has 12 heavy (non-hydrogen) atoms. The maximum Gasteiger partial charge on any atom is 0.104 e. The molecule has 1 heterocycles. The third-order valence-electron chi connectivity index (χ3n) is 1.32. The van der Waals surface area contributed by atoms with E-state index in [9.17, 15) is 0 Å². The van der Waals surface area contributed by atoms with Crippen LogP contribution in [0.2, 0.25) is 5.02 Å². The Balaban J connectivity index is 3.22. The van der Waals surface area contributed by atoms with Crippen LogP contribution in [0.1, 0.15) is 12.6 Å². The summed E-state index contributed by atoms with van der Waals surface area (Å²) in [5.74, 6) is 0. The van der Waals surface area contributed by atoms with Gasteiger partial charge in [0.15, 0.2) is 0 Å². The molecule has 0 amide bonds. The zero-order valence-corrected chi connectivity index (χ0v) is 8.32. The molecule has 0 radical (unpaired) electrons. The van der Waals surface area contributed by atoms with Gasteiger partial charge in [-0.25, -0.2) is 4.99 Å². The lowest BCUT2D eigenvalue weighted by molar-refractivity contribution is 1.19. The summed E-state index contributed by atoms with van der Waals surface area (Å²) in [6.07, 6.45) is 1.64. The number of halogens is 2. The first-order valence-corrected chi connectivity index (χ1v) is 4.18. The Hall–Kier alpha value is -0.600. The summed E-state index contributed by atoms with van der Waals surface area (Å²) in [4.78, 5) is 8.09. The van der Waals surface area contributed by atoms with E-state index < -0.39 is 0 Å². The molecule has 4 heteroatoms. The number of rotatable bonds is 1. The van der Waals surface area contributed by atoms with Crippen molar-refractivity contribution in [2.45, 2.75) is 13.8 Å². The minimum atomic E-state index is 0.452. The van der Waals surface area contributed by atoms with Crippen LogP contribution in [0.3, 0.4) is 0 Å². The Morgan fingerprint density at radius 2 is 2.25 bits per heavy atom. The molecule has 0 bridgehead atoms. The van der Waals surface area contributed by atoms with Crippen LogP contribution >= 0.6 is 23.2 Å². The van der Waals surface area contributed by atoms with Crippen LogP contribution in [0.4, 0.5) is 5.69 Å². The Kier molecular flexibility index (Phi) is 3.06. The summed E-state index contributed by atoms with van der Waals surface area (Å²) in [5, 5.41) is 1.02. The second-order valence-electron chi connectivity index (χ2n) is 2.34. The minimum absolute atomic E-state index is 0.452. The van der Waals surface area contributed by atoms with Gasteiger partial charge < -0.3 is 0 Å². The Morgan fingerprint density at radius 3 is 2.75 bits per heavy atom. The van der Waals surface area contributed by atoms with E-state index >= 15 is 0 Å². The predicted octanol–water partition coefficient (Wildman–Crippen LogP) is 3.33. The van der Waals surface area contributed by atoms with E-state index in [4.69, 9.17) is 23.2 Å². The second kappa shape index (κ2) is 3.87. The molecule has 0 fully saturated rings. The quantitative estimate of drug-likeness (QED) is 0.642. The fraction of sp³-hybridized carbons (Fsp3) is 0.250. The van der Waals surface area contributed by atoms with Crippen LogP contribution in [0.25, 0.3) is 0 Å². The summed E-state index contributed by atoms with van der Waals surface area (Å²) in [6.45, 7) is 3.54. The maximum absolute atomic E-state index is 5.87. The molecule has 0 atom stereocenters. The van der Waals surface area contributed by atoms with E-state index in [1.54, 1.807) is 19.2 Å². The lowest BCUT2D eigenvalue weighted by Crippen LogP contribution is -1.83. The number of aliphatic imine (C=N–C) groups is 1. The fourth-order valence-electron chi connectivity index (χ4n) is 0.816. The topological polar surface area (TPSA) is 25.2 Å². The first-order chi connectivity index (χ1) is 5.61. The molecule has 0 spiro atoms. The van der Waals surface area contributed by atoms with E-state index in [0.717, 1.165) is 5.69 Å². The minimum Gasteiger partial charge on any atom is -0.259 e. The zero-order valence-electron chi connectivity index (χ0n) is 6.81. The normalized spacial score (nSPS) is 11.8. The number of hydrogen-bond acceptors (Lipinski definition) is 2. The van der Waals surface area contributed by atoms with Crippen molar-refractivity contribution in [2.75, 3.05) is 0 Å². The summed E-state index contributed by atoms with van der Waals surface area (Å²) >= 11 is 11.5. The van der Waals surface area contributed by atoms with Crippen molar-refractivity contribution in [3.63, 3.8) is 0 Å². The van der Waals surface area contributed by atoms with Gasteiger partial charge in [-0.15, -0.1) is 0 Å². The van der Waals surface area contributed by atoms with Crippen molar-refractivity contribution in [1.29, 1.82) is 0 Å². The monoisotopic (exact) mass is 202 g/mol. The standard InChI is InChI=1S/C8H8Cl2N2/c1-5-8(12-6(2)9)7(10)3-4-11-5/h3-4H,1-2H3. The van der Waals surface area contributed by atoms with Gasteiger partial charge in [0, 0.05) is 6.20 Å². The van der Waals surface area contributed by atoms with Gasteiger partial charge in [0.1, 0.15) is 10.9 Å². The van der Waals surface area contributed by atoms with E-state index in [0.29, 0.717) is 15.9 Å². The first kappa shape index (κ1) is 9.49. The average Bonchev–Trinajstić information content (AvgIpc) is 1.97. The van der Waals surface area contributed by atoms with Gasteiger partial charge in [0.05, 0.1) is 10.7 Å². The molecule has 64 valence electrons. The first-order valence-electron chi connectivity index (χ1n) is 3.43. The Labute approximate surface area is 81.2 Å². The molecule has 0 saturated carbocycles. The van der Waals surface area contributed by atoms with Crippen molar-refractivity contribution >= 4 is 34.1 Å². The van der Waals surface area contributed by atoms with Crippen LogP contribution in [0.15, 0.2) is 17.3 Å². The molecule has 0 unspecified atom stereocenters. The molecule has 0 aliphatic carbocycles. The lowest BCUT2D eigenvalue weighted by atomic mass is 10.3. The number of aryl methyl sites for hydroxylation is 1. The SMILES string of the molecule is CC(Cl)=Nc1c(Cl)ccnc1C. The molecule has 0 saturated heterocycles. The van der Waals surface area contributed by atoms with Gasteiger partial charge in [-0.2, -0.15) is 0 Å². The summed E-state index contributed by atoms with van der Waals surface area (Å²) in [5.41, 5.74) is 1.43. The predicted molar refractivity (Wildman–Crippen MR) is 52.6 cm³/mol. The number of nitrogens with zero attached hydrogens (tertiary/aromatic N) is 2. The molecule has 2 nitrogen and oxygen atoms in total. The zero-order chi connectivity index (χ0) is 9.14. The van der Waals surface area contributed by atoms with Crippen molar-refractivity contribution < 1.29 is 0 Å². The van der Waals surface area contributed by atoms with Gasteiger partial charge in [-0.05, 0) is 19.9 Å². The second-order valence-corrected chi connectivity index (χ2v) is 3.29. The van der Waals surface area contributed by atoms with Crippen LogP contribution < -0.4 is 0 Å². The van der Waals surface area contributed by atoms with E-state index in [1.165, 1.54) is 0 Å². The number of pyridine rings is 1. The van der Waals surface area contributed by atoms with Crippen molar-refractivity contribution in [3.8, 4) is 0 Å². The van der Waals surface area contributed by atoms with Crippen LogP contribution in [0.5, 0.6) is 0 Å². The Morgan fingerprint density at radius 1 is 1.58 bits per heavy atom. The van der Waals surface area contributed by atoms with Crippen molar-refractivity contribution in [2.24, 2.45) is 4.99 Å². The van der Waals surface area contributed by atoms with Gasteiger partial charge in [-0.1, -0.05) is 23.2 Å². The number of hydrogen-bond donors (Lipinski definition) is 0. The molecular formula is C8H8Cl2N2. The summed E-state index contributed by atoms with van der Waals surface area (Å²) in [6, 6.07) is 1.69. The van der Waals surface area contributed by atoms with Gasteiger partial charge >= 0.3 is 0 Å². The third kappa shape index (κ3) is 2.19. The maximum atomic E-state index is 5.87. The van der Waals surface area contributed by atoms with Crippen molar-refractivity contribution in [1.82, 2.24) is 4.98 Å².